The third-order valence-corrected chi connectivity index (χ3v) is 7.86. The maximum Gasteiger partial charge on any atom is 0.228 e. The molecule has 0 bridgehead atoms. The molecule has 2 aliphatic heterocycles. The number of piperazine rings is 1. The second-order valence-corrected chi connectivity index (χ2v) is 10.0. The van der Waals surface area contributed by atoms with Gasteiger partial charge < -0.3 is 33.6 Å². The number of anilines is 2. The Hall–Kier alpha value is -4.47. The summed E-state index contributed by atoms with van der Waals surface area (Å²) in [6, 6.07) is 16.4. The number of nitrogens with zero attached hydrogens (tertiary/aromatic N) is 4. The fourth-order valence-electron chi connectivity index (χ4n) is 5.78. The lowest BCUT2D eigenvalue weighted by atomic mass is 9.82. The van der Waals surface area contributed by atoms with E-state index in [1.54, 1.807) is 30.3 Å². The van der Waals surface area contributed by atoms with Crippen molar-refractivity contribution in [1.82, 2.24) is 9.88 Å². The topological polar surface area (TPSA) is 93.7 Å². The second-order valence-electron chi connectivity index (χ2n) is 10.0. The number of carbonyl (C=O) groups is 2. The summed E-state index contributed by atoms with van der Waals surface area (Å²) >= 11 is 0. The van der Waals surface area contributed by atoms with Crippen LogP contribution in [0.2, 0.25) is 0 Å². The highest BCUT2D eigenvalue weighted by Gasteiger charge is 2.44. The van der Waals surface area contributed by atoms with Gasteiger partial charge in [-0.1, -0.05) is 18.2 Å². The molecule has 5 rings (SSSR count). The first kappa shape index (κ1) is 28.1. The lowest BCUT2D eigenvalue weighted by Crippen LogP contribution is -2.54. The van der Waals surface area contributed by atoms with Gasteiger partial charge in [-0.3, -0.25) is 9.59 Å². The molecule has 0 aliphatic carbocycles. The van der Waals surface area contributed by atoms with Crippen molar-refractivity contribution in [3.63, 3.8) is 0 Å². The van der Waals surface area contributed by atoms with Crippen LogP contribution in [0, 0.1) is 5.92 Å². The van der Waals surface area contributed by atoms with Crippen LogP contribution < -0.4 is 28.7 Å². The van der Waals surface area contributed by atoms with Crippen LogP contribution in [0.25, 0.3) is 0 Å². The molecule has 0 radical (unpaired) electrons. The van der Waals surface area contributed by atoms with Gasteiger partial charge in [0.1, 0.15) is 11.6 Å². The first-order chi connectivity index (χ1) is 20.0. The predicted octanol–water partition coefficient (Wildman–Crippen LogP) is 3.95. The molecular weight excluding hydrogens is 524 g/mol. The zero-order valence-electron chi connectivity index (χ0n) is 23.9. The first-order valence-corrected chi connectivity index (χ1v) is 13.7. The molecule has 2 amide bonds. The van der Waals surface area contributed by atoms with Gasteiger partial charge in [0.15, 0.2) is 11.5 Å². The molecule has 10 nitrogen and oxygen atoms in total. The number of amides is 2. The summed E-state index contributed by atoms with van der Waals surface area (Å²) in [6.45, 7) is 2.55. The molecule has 3 heterocycles. The Kier molecular flexibility index (Phi) is 8.47. The number of rotatable bonds is 8. The molecule has 2 aliphatic rings. The van der Waals surface area contributed by atoms with E-state index < -0.39 is 12.0 Å². The van der Waals surface area contributed by atoms with Crippen molar-refractivity contribution >= 4 is 23.3 Å². The zero-order chi connectivity index (χ0) is 28.9. The summed E-state index contributed by atoms with van der Waals surface area (Å²) in [4.78, 5) is 38.1. The van der Waals surface area contributed by atoms with Crippen LogP contribution in [0.3, 0.4) is 0 Å². The quantitative estimate of drug-likeness (QED) is 0.409. The van der Waals surface area contributed by atoms with E-state index in [2.05, 4.69) is 9.88 Å². The standard InChI is InChI=1S/C31H36N4O6/c1-38-23-10-8-21(9-11-23)29-24(31(37)34-17-15-33(16-18-34)27-7-5-6-14-32-27)12-13-28(36)35(29)22-19-25(39-2)30(41-4)26(20-22)40-3/h5-11,14,19-20,24,29H,12-13,15-18H2,1-4H3/t24-,29+/m1/s1. The number of methoxy groups -OCH3 is 4. The highest BCUT2D eigenvalue weighted by molar-refractivity contribution is 5.98. The Labute approximate surface area is 240 Å². The van der Waals surface area contributed by atoms with Crippen molar-refractivity contribution in [1.29, 1.82) is 0 Å². The van der Waals surface area contributed by atoms with Crippen molar-refractivity contribution in [2.45, 2.75) is 18.9 Å². The van der Waals surface area contributed by atoms with E-state index >= 15 is 0 Å². The van der Waals surface area contributed by atoms with Gasteiger partial charge in [0.2, 0.25) is 17.6 Å². The lowest BCUT2D eigenvalue weighted by Gasteiger charge is -2.44. The maximum absolute atomic E-state index is 14.2. The van der Waals surface area contributed by atoms with Crippen LogP contribution in [-0.4, -0.2) is 76.3 Å². The summed E-state index contributed by atoms with van der Waals surface area (Å²) in [6.07, 6.45) is 2.48. The number of pyridine rings is 1. The van der Waals surface area contributed by atoms with E-state index in [4.69, 9.17) is 18.9 Å². The van der Waals surface area contributed by atoms with Crippen molar-refractivity contribution in [2.24, 2.45) is 5.92 Å². The monoisotopic (exact) mass is 560 g/mol. The maximum atomic E-state index is 14.2. The number of aromatic nitrogens is 1. The second kappa shape index (κ2) is 12.4. The van der Waals surface area contributed by atoms with Gasteiger partial charge in [-0.2, -0.15) is 0 Å². The van der Waals surface area contributed by atoms with Crippen LogP contribution in [0.1, 0.15) is 24.4 Å². The van der Waals surface area contributed by atoms with Crippen LogP contribution in [-0.2, 0) is 9.59 Å². The molecule has 216 valence electrons. The van der Waals surface area contributed by atoms with Gasteiger partial charge in [0.05, 0.1) is 46.1 Å². The van der Waals surface area contributed by atoms with E-state index in [0.717, 1.165) is 11.4 Å². The van der Waals surface area contributed by atoms with Crippen molar-refractivity contribution in [3.8, 4) is 23.0 Å². The van der Waals surface area contributed by atoms with E-state index in [1.165, 1.54) is 21.3 Å². The Morgan fingerprint density at radius 1 is 0.854 bits per heavy atom. The molecule has 2 fully saturated rings. The molecule has 3 aromatic rings. The summed E-state index contributed by atoms with van der Waals surface area (Å²) in [5.74, 6) is 2.42. The van der Waals surface area contributed by atoms with Crippen LogP contribution in [0.4, 0.5) is 11.5 Å². The molecule has 1 aromatic heterocycles. The fraction of sp³-hybridized carbons (Fsp3) is 0.387. The van der Waals surface area contributed by atoms with Crippen LogP contribution >= 0.6 is 0 Å². The van der Waals surface area contributed by atoms with Gasteiger partial charge in [-0.15, -0.1) is 0 Å². The number of ether oxygens (including phenoxy) is 4. The van der Waals surface area contributed by atoms with Crippen molar-refractivity contribution in [3.05, 3.63) is 66.4 Å². The number of carbonyl (C=O) groups excluding carboxylic acids is 2. The predicted molar refractivity (Wildman–Crippen MR) is 155 cm³/mol. The number of piperidine rings is 1. The number of hydrogen-bond acceptors (Lipinski definition) is 8. The first-order valence-electron chi connectivity index (χ1n) is 13.7. The average molecular weight is 561 g/mol. The summed E-state index contributed by atoms with van der Waals surface area (Å²) in [5.41, 5.74) is 1.42. The third-order valence-electron chi connectivity index (χ3n) is 7.86. The number of benzene rings is 2. The molecule has 41 heavy (non-hydrogen) atoms. The average Bonchev–Trinajstić information content (AvgIpc) is 3.04. The molecular formula is C31H36N4O6. The van der Waals surface area contributed by atoms with Gasteiger partial charge in [0.25, 0.3) is 0 Å². The molecule has 0 spiro atoms. The highest BCUT2D eigenvalue weighted by Crippen LogP contribution is 2.46. The smallest absolute Gasteiger partial charge is 0.228 e. The third kappa shape index (κ3) is 5.59. The van der Waals surface area contributed by atoms with E-state index in [0.29, 0.717) is 61.3 Å². The Bertz CT molecular complexity index is 1330. The van der Waals surface area contributed by atoms with Crippen LogP contribution in [0.15, 0.2) is 60.8 Å². The normalized spacial score (nSPS) is 19.1. The van der Waals surface area contributed by atoms with E-state index in [1.807, 2.05) is 47.4 Å². The van der Waals surface area contributed by atoms with E-state index in [-0.39, 0.29) is 18.2 Å². The highest BCUT2D eigenvalue weighted by atomic mass is 16.5. The zero-order valence-corrected chi connectivity index (χ0v) is 23.9. The van der Waals surface area contributed by atoms with Gasteiger partial charge in [0, 0.05) is 50.9 Å². The molecule has 0 N–H and O–H groups in total. The number of hydrogen-bond donors (Lipinski definition) is 0. The molecule has 0 saturated carbocycles. The Morgan fingerprint density at radius 3 is 2.10 bits per heavy atom. The minimum absolute atomic E-state index is 0.0384. The molecule has 0 unspecified atom stereocenters. The van der Waals surface area contributed by atoms with Crippen LogP contribution in [0.5, 0.6) is 23.0 Å². The largest absolute Gasteiger partial charge is 0.497 e. The van der Waals surface area contributed by atoms with Gasteiger partial charge in [-0.25, -0.2) is 4.98 Å². The Morgan fingerprint density at radius 2 is 1.54 bits per heavy atom. The fourth-order valence-corrected chi connectivity index (χ4v) is 5.78. The Balaban J connectivity index is 1.50. The SMILES string of the molecule is COc1ccc([C@H]2[C@H](C(=O)N3CCN(c4ccccn4)CC3)CCC(=O)N2c2cc(OC)c(OC)c(OC)c2)cc1. The molecule has 2 saturated heterocycles. The lowest BCUT2D eigenvalue weighted by molar-refractivity contribution is -0.138. The summed E-state index contributed by atoms with van der Waals surface area (Å²) in [5, 5.41) is 0. The van der Waals surface area contributed by atoms with Gasteiger partial charge >= 0.3 is 0 Å². The molecule has 2 aromatic carbocycles. The van der Waals surface area contributed by atoms with Gasteiger partial charge in [-0.05, 0) is 36.2 Å². The van der Waals surface area contributed by atoms with Crippen molar-refractivity contribution < 1.29 is 28.5 Å². The van der Waals surface area contributed by atoms with E-state index in [9.17, 15) is 9.59 Å². The molecule has 2 atom stereocenters. The summed E-state index contributed by atoms with van der Waals surface area (Å²) in [7, 11) is 6.22. The molecule has 10 heteroatoms. The van der Waals surface area contributed by atoms with Crippen molar-refractivity contribution in [2.75, 3.05) is 64.4 Å². The minimum Gasteiger partial charge on any atom is -0.497 e. The summed E-state index contributed by atoms with van der Waals surface area (Å²) < 4.78 is 22.1. The minimum atomic E-state index is -0.536.